The van der Waals surface area contributed by atoms with Crippen LogP contribution in [-0.2, 0) is 4.79 Å². The van der Waals surface area contributed by atoms with Gasteiger partial charge in [0.25, 0.3) is 5.03 Å². The van der Waals surface area contributed by atoms with Gasteiger partial charge < -0.3 is 10.5 Å². The fourth-order valence-corrected chi connectivity index (χ4v) is 2.21. The minimum atomic E-state index is -0.127. The number of aryl methyl sites for hydroxylation is 1. The largest absolute Gasteiger partial charge is 0.618 e. The Morgan fingerprint density at radius 2 is 2.00 bits per heavy atom. The normalized spacial score (nSPS) is 10.2. The Labute approximate surface area is 116 Å². The molecule has 1 amide bonds. The molecule has 5 heteroatoms. The quantitative estimate of drug-likeness (QED) is 0.529. The number of pyridine rings is 1. The summed E-state index contributed by atoms with van der Waals surface area (Å²) in [5.41, 5.74) is 1.91. The van der Waals surface area contributed by atoms with Gasteiger partial charge in [0, 0.05) is 17.8 Å². The summed E-state index contributed by atoms with van der Waals surface area (Å²) in [7, 11) is 0. The summed E-state index contributed by atoms with van der Waals surface area (Å²) in [6.07, 6.45) is 1.42. The molecule has 1 aromatic heterocycles. The van der Waals surface area contributed by atoms with Crippen LogP contribution in [0.15, 0.2) is 53.7 Å². The molecular formula is C14H14N2O2S. The molecule has 1 N–H and O–H groups in total. The van der Waals surface area contributed by atoms with E-state index in [4.69, 9.17) is 0 Å². The standard InChI is InChI=1S/C14H14N2O2S/c1-11-5-7-12(8-6-11)15-13(17)10-19-14-4-2-3-9-16(14)18/h2-9H,10H2,1H3,(H,15,17). The minimum Gasteiger partial charge on any atom is -0.618 e. The Morgan fingerprint density at radius 3 is 2.68 bits per heavy atom. The van der Waals surface area contributed by atoms with Crippen LogP contribution in [0.4, 0.5) is 5.69 Å². The molecule has 2 aromatic rings. The van der Waals surface area contributed by atoms with Crippen LogP contribution in [0.1, 0.15) is 5.56 Å². The monoisotopic (exact) mass is 274 g/mol. The molecule has 0 aliphatic rings. The number of carbonyl (C=O) groups is 1. The second-order valence-corrected chi connectivity index (χ2v) is 5.06. The number of carbonyl (C=O) groups excluding carboxylic acids is 1. The van der Waals surface area contributed by atoms with Gasteiger partial charge in [-0.15, -0.1) is 0 Å². The first-order chi connectivity index (χ1) is 9.15. The van der Waals surface area contributed by atoms with Gasteiger partial charge in [0.15, 0.2) is 6.20 Å². The molecule has 0 atom stereocenters. The molecule has 0 unspecified atom stereocenters. The van der Waals surface area contributed by atoms with Crippen molar-refractivity contribution in [1.29, 1.82) is 0 Å². The lowest BCUT2D eigenvalue weighted by Crippen LogP contribution is -2.28. The van der Waals surface area contributed by atoms with E-state index >= 15 is 0 Å². The van der Waals surface area contributed by atoms with Crippen molar-refractivity contribution >= 4 is 23.4 Å². The van der Waals surface area contributed by atoms with Crippen LogP contribution in [0.2, 0.25) is 0 Å². The van der Waals surface area contributed by atoms with E-state index in [0.717, 1.165) is 16.0 Å². The first-order valence-electron chi connectivity index (χ1n) is 5.82. The van der Waals surface area contributed by atoms with Crippen LogP contribution >= 0.6 is 11.8 Å². The molecule has 0 spiro atoms. The predicted molar refractivity (Wildman–Crippen MR) is 75.9 cm³/mol. The number of thioether (sulfide) groups is 1. The van der Waals surface area contributed by atoms with Gasteiger partial charge in [-0.3, -0.25) is 4.79 Å². The Balaban J connectivity index is 1.88. The average Bonchev–Trinajstić information content (AvgIpc) is 2.40. The van der Waals surface area contributed by atoms with Crippen molar-refractivity contribution in [3.63, 3.8) is 0 Å². The van der Waals surface area contributed by atoms with E-state index in [1.807, 2.05) is 31.2 Å². The van der Waals surface area contributed by atoms with Gasteiger partial charge in [-0.1, -0.05) is 17.7 Å². The lowest BCUT2D eigenvalue weighted by molar-refractivity contribution is -0.645. The van der Waals surface area contributed by atoms with E-state index in [0.29, 0.717) is 5.03 Å². The lowest BCUT2D eigenvalue weighted by Gasteiger charge is -2.05. The molecule has 0 saturated heterocycles. The van der Waals surface area contributed by atoms with E-state index in [1.54, 1.807) is 18.2 Å². The second kappa shape index (κ2) is 6.24. The third-order valence-corrected chi connectivity index (χ3v) is 3.49. The molecule has 0 aliphatic heterocycles. The highest BCUT2D eigenvalue weighted by Gasteiger charge is 2.08. The van der Waals surface area contributed by atoms with Crippen molar-refractivity contribution in [2.45, 2.75) is 11.9 Å². The van der Waals surface area contributed by atoms with Gasteiger partial charge in [-0.25, -0.2) is 0 Å². The number of aromatic nitrogens is 1. The fraction of sp³-hybridized carbons (Fsp3) is 0.143. The first kappa shape index (κ1) is 13.4. The number of hydrogen-bond acceptors (Lipinski definition) is 3. The summed E-state index contributed by atoms with van der Waals surface area (Å²) >= 11 is 1.22. The zero-order chi connectivity index (χ0) is 13.7. The predicted octanol–water partition coefficient (Wildman–Crippen LogP) is 2.36. The van der Waals surface area contributed by atoms with Gasteiger partial charge >= 0.3 is 0 Å². The van der Waals surface area contributed by atoms with E-state index in [1.165, 1.54) is 18.0 Å². The number of nitrogens with zero attached hydrogens (tertiary/aromatic N) is 1. The van der Waals surface area contributed by atoms with Crippen molar-refractivity contribution in [2.24, 2.45) is 0 Å². The van der Waals surface area contributed by atoms with Crippen LogP contribution < -0.4 is 10.0 Å². The summed E-state index contributed by atoms with van der Waals surface area (Å²) in [5.74, 6) is 0.0813. The molecular weight excluding hydrogens is 260 g/mol. The maximum Gasteiger partial charge on any atom is 0.251 e. The first-order valence-corrected chi connectivity index (χ1v) is 6.81. The van der Waals surface area contributed by atoms with Crippen molar-refractivity contribution in [3.05, 3.63) is 59.4 Å². The smallest absolute Gasteiger partial charge is 0.251 e. The van der Waals surface area contributed by atoms with Gasteiger partial charge in [0.2, 0.25) is 5.91 Å². The lowest BCUT2D eigenvalue weighted by atomic mass is 10.2. The molecule has 4 nitrogen and oxygen atoms in total. The topological polar surface area (TPSA) is 56.0 Å². The second-order valence-electron chi connectivity index (χ2n) is 4.07. The Hall–Kier alpha value is -2.01. The number of rotatable bonds is 4. The van der Waals surface area contributed by atoms with Crippen molar-refractivity contribution in [2.75, 3.05) is 11.1 Å². The van der Waals surface area contributed by atoms with Crippen LogP contribution in [0.25, 0.3) is 0 Å². The molecule has 0 fully saturated rings. The van der Waals surface area contributed by atoms with Crippen molar-refractivity contribution in [3.8, 4) is 0 Å². The summed E-state index contributed by atoms with van der Waals surface area (Å²) in [4.78, 5) is 11.7. The van der Waals surface area contributed by atoms with Crippen LogP contribution in [0.5, 0.6) is 0 Å². The van der Waals surface area contributed by atoms with Gasteiger partial charge in [0.05, 0.1) is 5.75 Å². The number of hydrogen-bond donors (Lipinski definition) is 1. The van der Waals surface area contributed by atoms with Gasteiger partial charge in [-0.2, -0.15) is 4.73 Å². The number of anilines is 1. The van der Waals surface area contributed by atoms with Crippen molar-refractivity contribution in [1.82, 2.24) is 0 Å². The van der Waals surface area contributed by atoms with Crippen molar-refractivity contribution < 1.29 is 9.52 Å². The average molecular weight is 274 g/mol. The van der Waals surface area contributed by atoms with Crippen LogP contribution in [0, 0.1) is 12.1 Å². The van der Waals surface area contributed by atoms with E-state index in [-0.39, 0.29) is 11.7 Å². The third kappa shape index (κ3) is 3.99. The van der Waals surface area contributed by atoms with Gasteiger partial charge in [0.1, 0.15) is 0 Å². The van der Waals surface area contributed by atoms with E-state index < -0.39 is 0 Å². The molecule has 1 aromatic carbocycles. The molecule has 1 heterocycles. The number of nitrogens with one attached hydrogen (secondary N) is 1. The Morgan fingerprint density at radius 1 is 1.26 bits per heavy atom. The maximum atomic E-state index is 11.7. The minimum absolute atomic E-state index is 0.127. The Kier molecular flexibility index (Phi) is 4.41. The summed E-state index contributed by atoms with van der Waals surface area (Å²) in [5, 5.41) is 14.7. The maximum absolute atomic E-state index is 11.7. The third-order valence-electron chi connectivity index (χ3n) is 2.48. The molecule has 2 rings (SSSR count). The molecule has 0 radical (unpaired) electrons. The van der Waals surface area contributed by atoms with E-state index in [2.05, 4.69) is 5.32 Å². The Bertz CT molecular complexity index is 570. The molecule has 0 saturated carbocycles. The summed E-state index contributed by atoms with van der Waals surface area (Å²) in [6.45, 7) is 1.99. The highest BCUT2D eigenvalue weighted by atomic mass is 32.2. The highest BCUT2D eigenvalue weighted by molar-refractivity contribution is 7.99. The number of amides is 1. The SMILES string of the molecule is Cc1ccc(NC(=O)CSc2cccc[n+]2[O-])cc1. The fourth-order valence-electron chi connectivity index (χ4n) is 1.50. The molecule has 98 valence electrons. The van der Waals surface area contributed by atoms with E-state index in [9.17, 15) is 10.0 Å². The summed E-state index contributed by atoms with van der Waals surface area (Å²) in [6, 6.07) is 12.7. The highest BCUT2D eigenvalue weighted by Crippen LogP contribution is 2.14. The molecule has 0 bridgehead atoms. The summed E-state index contributed by atoms with van der Waals surface area (Å²) < 4.78 is 0.754. The van der Waals surface area contributed by atoms with Crippen LogP contribution in [-0.4, -0.2) is 11.7 Å². The zero-order valence-electron chi connectivity index (χ0n) is 10.5. The number of benzene rings is 1. The molecule has 0 aliphatic carbocycles. The van der Waals surface area contributed by atoms with Crippen LogP contribution in [0.3, 0.4) is 0 Å². The molecule has 19 heavy (non-hydrogen) atoms. The zero-order valence-corrected chi connectivity index (χ0v) is 11.3. The van der Waals surface area contributed by atoms with Gasteiger partial charge in [-0.05, 0) is 36.9 Å².